The molecule has 0 saturated carbocycles. The quantitative estimate of drug-likeness (QED) is 0.535. The van der Waals surface area contributed by atoms with Crippen LogP contribution in [0.5, 0.6) is 0 Å². The first kappa shape index (κ1) is 23.4. The van der Waals surface area contributed by atoms with E-state index in [-0.39, 0.29) is 5.82 Å². The van der Waals surface area contributed by atoms with E-state index in [4.69, 9.17) is 0 Å². The molecule has 27 heavy (non-hydrogen) atoms. The number of hydrogen-bond acceptors (Lipinski definition) is 2. The predicted octanol–water partition coefficient (Wildman–Crippen LogP) is 6.03. The summed E-state index contributed by atoms with van der Waals surface area (Å²) in [6.45, 7) is 14.8. The van der Waals surface area contributed by atoms with Crippen LogP contribution in [0.3, 0.4) is 0 Å². The summed E-state index contributed by atoms with van der Waals surface area (Å²) < 4.78 is 13.7. The molecule has 1 aromatic rings. The molecule has 0 unspecified atom stereocenters. The molecule has 152 valence electrons. The highest BCUT2D eigenvalue weighted by Crippen LogP contribution is 2.26. The lowest BCUT2D eigenvalue weighted by Crippen LogP contribution is -2.33. The van der Waals surface area contributed by atoms with Crippen LogP contribution in [0.25, 0.3) is 6.08 Å². The molecule has 1 fully saturated rings. The highest BCUT2D eigenvalue weighted by atomic mass is 19.1. The number of piperidine rings is 1. The third kappa shape index (κ3) is 8.30. The lowest BCUT2D eigenvalue weighted by atomic mass is 9.90. The summed E-state index contributed by atoms with van der Waals surface area (Å²) in [4.78, 5) is 2.49. The van der Waals surface area contributed by atoms with Crippen molar-refractivity contribution in [2.75, 3.05) is 20.1 Å². The fourth-order valence-corrected chi connectivity index (χ4v) is 3.79. The van der Waals surface area contributed by atoms with E-state index in [9.17, 15) is 4.39 Å². The van der Waals surface area contributed by atoms with Crippen molar-refractivity contribution < 1.29 is 4.39 Å². The second-order valence-corrected chi connectivity index (χ2v) is 7.90. The SMILES string of the molecule is C=Cc1ccc(CCCCC2CCN(C(=C)CC(C)C)CC2)cc1F.CN. The second kappa shape index (κ2) is 12.7. The fourth-order valence-electron chi connectivity index (χ4n) is 3.79. The summed E-state index contributed by atoms with van der Waals surface area (Å²) in [6.07, 6.45) is 9.93. The van der Waals surface area contributed by atoms with Gasteiger partial charge >= 0.3 is 0 Å². The number of rotatable bonds is 9. The minimum atomic E-state index is -0.151. The molecule has 0 radical (unpaired) electrons. The second-order valence-electron chi connectivity index (χ2n) is 7.90. The molecule has 0 spiro atoms. The summed E-state index contributed by atoms with van der Waals surface area (Å²) in [6, 6.07) is 5.52. The molecule has 1 heterocycles. The molecule has 1 aliphatic rings. The molecule has 0 aromatic heterocycles. The summed E-state index contributed by atoms with van der Waals surface area (Å²) in [5, 5.41) is 0. The van der Waals surface area contributed by atoms with E-state index in [1.807, 2.05) is 12.1 Å². The van der Waals surface area contributed by atoms with Crippen molar-refractivity contribution in [3.05, 3.63) is 54.0 Å². The minimum absolute atomic E-state index is 0.151. The van der Waals surface area contributed by atoms with Gasteiger partial charge in [-0.3, -0.25) is 0 Å². The zero-order valence-electron chi connectivity index (χ0n) is 17.6. The van der Waals surface area contributed by atoms with Crippen LogP contribution in [0.4, 0.5) is 4.39 Å². The smallest absolute Gasteiger partial charge is 0.130 e. The number of nitrogens with zero attached hydrogens (tertiary/aromatic N) is 1. The zero-order valence-corrected chi connectivity index (χ0v) is 17.6. The normalized spacial score (nSPS) is 14.7. The van der Waals surface area contributed by atoms with E-state index >= 15 is 0 Å². The lowest BCUT2D eigenvalue weighted by molar-refractivity contribution is 0.208. The Hall–Kier alpha value is -1.61. The molecular weight excluding hydrogens is 335 g/mol. The van der Waals surface area contributed by atoms with Crippen molar-refractivity contribution in [1.29, 1.82) is 0 Å². The van der Waals surface area contributed by atoms with Gasteiger partial charge in [-0.05, 0) is 62.6 Å². The molecule has 0 aliphatic carbocycles. The third-order valence-corrected chi connectivity index (χ3v) is 5.32. The molecule has 0 amide bonds. The summed E-state index contributed by atoms with van der Waals surface area (Å²) in [5.41, 5.74) is 7.51. The Morgan fingerprint density at radius 3 is 2.48 bits per heavy atom. The van der Waals surface area contributed by atoms with Gasteiger partial charge in [0.25, 0.3) is 0 Å². The zero-order chi connectivity index (χ0) is 20.2. The summed E-state index contributed by atoms with van der Waals surface area (Å²) >= 11 is 0. The molecular formula is C24H39FN2. The number of allylic oxidation sites excluding steroid dienone is 1. The van der Waals surface area contributed by atoms with E-state index in [1.165, 1.54) is 51.5 Å². The van der Waals surface area contributed by atoms with Gasteiger partial charge in [-0.2, -0.15) is 0 Å². The molecule has 1 aromatic carbocycles. The summed E-state index contributed by atoms with van der Waals surface area (Å²) in [7, 11) is 1.50. The maximum Gasteiger partial charge on any atom is 0.130 e. The first-order valence-electron chi connectivity index (χ1n) is 10.4. The molecule has 0 atom stereocenters. The van der Waals surface area contributed by atoms with Crippen LogP contribution in [-0.2, 0) is 6.42 Å². The lowest BCUT2D eigenvalue weighted by Gasteiger charge is -2.35. The van der Waals surface area contributed by atoms with Crippen LogP contribution in [0, 0.1) is 17.7 Å². The number of nitrogens with two attached hydrogens (primary N) is 1. The predicted molar refractivity (Wildman–Crippen MR) is 117 cm³/mol. The number of likely N-dealkylation sites (tertiary alicyclic amines) is 1. The number of unbranched alkanes of at least 4 members (excludes halogenated alkanes) is 1. The van der Waals surface area contributed by atoms with Crippen LogP contribution in [-0.4, -0.2) is 25.0 Å². The highest BCUT2D eigenvalue weighted by molar-refractivity contribution is 5.48. The number of hydrogen-bond donors (Lipinski definition) is 1. The Balaban J connectivity index is 0.00000176. The van der Waals surface area contributed by atoms with Crippen molar-refractivity contribution in [3.8, 4) is 0 Å². The number of aryl methyl sites for hydroxylation is 1. The first-order valence-corrected chi connectivity index (χ1v) is 10.4. The van der Waals surface area contributed by atoms with E-state index in [2.05, 4.69) is 37.6 Å². The van der Waals surface area contributed by atoms with Crippen LogP contribution in [0.1, 0.15) is 63.5 Å². The topological polar surface area (TPSA) is 29.3 Å². The average Bonchev–Trinajstić information content (AvgIpc) is 2.67. The van der Waals surface area contributed by atoms with Crippen molar-refractivity contribution >= 4 is 6.08 Å². The van der Waals surface area contributed by atoms with Gasteiger partial charge in [0.2, 0.25) is 0 Å². The maximum absolute atomic E-state index is 13.7. The Morgan fingerprint density at radius 2 is 1.93 bits per heavy atom. The molecule has 2 rings (SSSR count). The Kier molecular flexibility index (Phi) is 11.0. The van der Waals surface area contributed by atoms with Gasteiger partial charge in [0.15, 0.2) is 0 Å². The standard InChI is InChI=1S/C23H34FN.CH5N/c1-5-22-11-10-21(17-23(22)24)9-7-6-8-20-12-14-25(15-13-20)19(4)16-18(2)3;1-2/h5,10-11,17-18,20H,1,4,6-9,12-16H2,2-3H3;2H2,1H3. The maximum atomic E-state index is 13.7. The van der Waals surface area contributed by atoms with Crippen molar-refractivity contribution in [2.45, 2.75) is 58.8 Å². The number of halogens is 1. The Labute approximate surface area is 166 Å². The molecule has 3 heteroatoms. The van der Waals surface area contributed by atoms with Crippen LogP contribution in [0.15, 0.2) is 37.1 Å². The Bertz CT molecular complexity index is 572. The fraction of sp³-hybridized carbons (Fsp3) is 0.583. The third-order valence-electron chi connectivity index (χ3n) is 5.32. The largest absolute Gasteiger partial charge is 0.375 e. The van der Waals surface area contributed by atoms with E-state index < -0.39 is 0 Å². The molecule has 2 N–H and O–H groups in total. The van der Waals surface area contributed by atoms with Crippen molar-refractivity contribution in [1.82, 2.24) is 4.90 Å². The minimum Gasteiger partial charge on any atom is -0.375 e. The van der Waals surface area contributed by atoms with Crippen molar-refractivity contribution in [2.24, 2.45) is 17.6 Å². The Morgan fingerprint density at radius 1 is 1.26 bits per heavy atom. The molecule has 0 bridgehead atoms. The van der Waals surface area contributed by atoms with Gasteiger partial charge in [0.05, 0.1) is 0 Å². The molecule has 2 nitrogen and oxygen atoms in total. The first-order chi connectivity index (χ1) is 13.0. The molecule has 1 saturated heterocycles. The average molecular weight is 375 g/mol. The molecule has 1 aliphatic heterocycles. The van der Waals surface area contributed by atoms with Crippen LogP contribution in [0.2, 0.25) is 0 Å². The van der Waals surface area contributed by atoms with Crippen LogP contribution >= 0.6 is 0 Å². The van der Waals surface area contributed by atoms with Gasteiger partial charge in [-0.25, -0.2) is 4.39 Å². The van der Waals surface area contributed by atoms with Crippen LogP contribution < -0.4 is 5.73 Å². The number of benzene rings is 1. The highest BCUT2D eigenvalue weighted by Gasteiger charge is 2.19. The van der Waals surface area contributed by atoms with Gasteiger partial charge in [0, 0.05) is 24.4 Å². The van der Waals surface area contributed by atoms with Gasteiger partial charge in [-0.1, -0.05) is 58.1 Å². The van der Waals surface area contributed by atoms with Crippen molar-refractivity contribution in [3.63, 3.8) is 0 Å². The van der Waals surface area contributed by atoms with E-state index in [0.717, 1.165) is 30.7 Å². The van der Waals surface area contributed by atoms with Gasteiger partial charge in [-0.15, -0.1) is 0 Å². The van der Waals surface area contributed by atoms with E-state index in [1.54, 1.807) is 12.1 Å². The van der Waals surface area contributed by atoms with Gasteiger partial charge in [0.1, 0.15) is 5.82 Å². The van der Waals surface area contributed by atoms with E-state index in [0.29, 0.717) is 11.5 Å². The van der Waals surface area contributed by atoms with Gasteiger partial charge < -0.3 is 10.6 Å². The summed E-state index contributed by atoms with van der Waals surface area (Å²) in [5.74, 6) is 1.39. The monoisotopic (exact) mass is 374 g/mol.